The molecule has 2 aromatic carbocycles. The summed E-state index contributed by atoms with van der Waals surface area (Å²) in [6.45, 7) is 3.03. The largest absolute Gasteiger partial charge is 0.493 e. The third kappa shape index (κ3) is 4.76. The predicted molar refractivity (Wildman–Crippen MR) is 127 cm³/mol. The highest BCUT2D eigenvalue weighted by Gasteiger charge is 2.32. The van der Waals surface area contributed by atoms with E-state index in [1.807, 2.05) is 42.5 Å². The summed E-state index contributed by atoms with van der Waals surface area (Å²) >= 11 is 0. The van der Waals surface area contributed by atoms with E-state index in [2.05, 4.69) is 0 Å². The molecule has 0 N–H and O–H groups in total. The number of piperidine rings is 1. The van der Waals surface area contributed by atoms with Gasteiger partial charge in [0.25, 0.3) is 5.91 Å². The van der Waals surface area contributed by atoms with E-state index in [1.54, 1.807) is 43.0 Å². The van der Waals surface area contributed by atoms with Crippen molar-refractivity contribution < 1.29 is 23.8 Å². The number of benzene rings is 2. The van der Waals surface area contributed by atoms with E-state index in [0.29, 0.717) is 48.9 Å². The Morgan fingerprint density at radius 1 is 1.06 bits per heavy atom. The van der Waals surface area contributed by atoms with Crippen LogP contribution in [0.5, 0.6) is 11.5 Å². The molecule has 0 radical (unpaired) electrons. The van der Waals surface area contributed by atoms with Gasteiger partial charge in [-0.25, -0.2) is 4.68 Å². The van der Waals surface area contributed by atoms with Crippen molar-refractivity contribution in [1.29, 1.82) is 0 Å². The Morgan fingerprint density at radius 2 is 1.82 bits per heavy atom. The second-order valence-electron chi connectivity index (χ2n) is 8.08. The first kappa shape index (κ1) is 23.4. The molecule has 3 aromatic rings. The van der Waals surface area contributed by atoms with Gasteiger partial charge in [0.05, 0.1) is 38.0 Å². The topological polar surface area (TPSA) is 82.9 Å². The van der Waals surface area contributed by atoms with Crippen molar-refractivity contribution in [2.24, 2.45) is 5.92 Å². The molecule has 1 amide bonds. The Hall–Kier alpha value is -3.81. The summed E-state index contributed by atoms with van der Waals surface area (Å²) in [6.07, 6.45) is 3.21. The van der Waals surface area contributed by atoms with Crippen molar-refractivity contribution in [3.8, 4) is 28.4 Å². The molecular formula is C26H29N3O5. The van der Waals surface area contributed by atoms with Crippen LogP contribution in [0.4, 0.5) is 0 Å². The third-order valence-corrected chi connectivity index (χ3v) is 5.95. The molecule has 8 heteroatoms. The molecule has 1 saturated heterocycles. The number of hydrogen-bond acceptors (Lipinski definition) is 6. The summed E-state index contributed by atoms with van der Waals surface area (Å²) in [4.78, 5) is 27.7. The fourth-order valence-corrected chi connectivity index (χ4v) is 4.22. The molecule has 2 heterocycles. The van der Waals surface area contributed by atoms with E-state index in [4.69, 9.17) is 19.3 Å². The fourth-order valence-electron chi connectivity index (χ4n) is 4.22. The van der Waals surface area contributed by atoms with Crippen molar-refractivity contribution in [1.82, 2.24) is 14.7 Å². The third-order valence-electron chi connectivity index (χ3n) is 5.95. The van der Waals surface area contributed by atoms with Crippen LogP contribution in [0, 0.1) is 5.92 Å². The van der Waals surface area contributed by atoms with Crippen molar-refractivity contribution in [2.45, 2.75) is 19.8 Å². The van der Waals surface area contributed by atoms with Crippen LogP contribution in [0.1, 0.15) is 30.1 Å². The van der Waals surface area contributed by atoms with Crippen LogP contribution in [0.15, 0.2) is 54.7 Å². The molecular weight excluding hydrogens is 434 g/mol. The number of ether oxygens (including phenoxy) is 3. The smallest absolute Gasteiger partial charge is 0.310 e. The number of nitrogens with zero attached hydrogens (tertiary/aromatic N) is 3. The van der Waals surface area contributed by atoms with Gasteiger partial charge in [-0.3, -0.25) is 9.59 Å². The SMILES string of the molecule is CCOC(=O)C1CCCN(C(=O)c2cn(-c3ccccc3)nc2-c2ccc(OC)c(OC)c2)C1. The number of rotatable bonds is 7. The Bertz CT molecular complexity index is 1160. The van der Waals surface area contributed by atoms with E-state index >= 15 is 0 Å². The Balaban J connectivity index is 1.73. The van der Waals surface area contributed by atoms with Gasteiger partial charge in [0, 0.05) is 24.8 Å². The van der Waals surface area contributed by atoms with Gasteiger partial charge in [-0.05, 0) is 50.1 Å². The molecule has 4 rings (SSSR count). The molecule has 178 valence electrons. The first-order chi connectivity index (χ1) is 16.5. The van der Waals surface area contributed by atoms with Crippen LogP contribution in [-0.4, -0.2) is 60.5 Å². The highest BCUT2D eigenvalue weighted by atomic mass is 16.5. The highest BCUT2D eigenvalue weighted by Crippen LogP contribution is 2.34. The van der Waals surface area contributed by atoms with E-state index in [1.165, 1.54) is 0 Å². The lowest BCUT2D eigenvalue weighted by molar-refractivity contribution is -0.149. The Morgan fingerprint density at radius 3 is 2.53 bits per heavy atom. The summed E-state index contributed by atoms with van der Waals surface area (Å²) < 4.78 is 17.7. The van der Waals surface area contributed by atoms with E-state index < -0.39 is 0 Å². The molecule has 1 aromatic heterocycles. The minimum atomic E-state index is -0.314. The zero-order valence-corrected chi connectivity index (χ0v) is 19.7. The molecule has 0 spiro atoms. The first-order valence-corrected chi connectivity index (χ1v) is 11.4. The van der Waals surface area contributed by atoms with Crippen LogP contribution < -0.4 is 9.47 Å². The molecule has 34 heavy (non-hydrogen) atoms. The number of aromatic nitrogens is 2. The van der Waals surface area contributed by atoms with Crippen LogP contribution >= 0.6 is 0 Å². The zero-order chi connectivity index (χ0) is 24.1. The van der Waals surface area contributed by atoms with Gasteiger partial charge in [0.1, 0.15) is 5.69 Å². The Kier molecular flexibility index (Phi) is 7.15. The molecule has 0 aliphatic carbocycles. The van der Waals surface area contributed by atoms with Crippen LogP contribution in [0.25, 0.3) is 16.9 Å². The normalized spacial score (nSPS) is 15.6. The number of carbonyl (C=O) groups is 2. The van der Waals surface area contributed by atoms with Crippen LogP contribution in [0.2, 0.25) is 0 Å². The van der Waals surface area contributed by atoms with E-state index in [-0.39, 0.29) is 17.8 Å². The van der Waals surface area contributed by atoms with Crippen molar-refractivity contribution in [2.75, 3.05) is 33.9 Å². The van der Waals surface area contributed by atoms with Gasteiger partial charge < -0.3 is 19.1 Å². The van der Waals surface area contributed by atoms with Crippen LogP contribution in [0.3, 0.4) is 0 Å². The number of amides is 1. The molecule has 1 aliphatic rings. The van der Waals surface area contributed by atoms with Gasteiger partial charge in [-0.15, -0.1) is 0 Å². The molecule has 8 nitrogen and oxygen atoms in total. The van der Waals surface area contributed by atoms with Gasteiger partial charge in [0.15, 0.2) is 11.5 Å². The van der Waals surface area contributed by atoms with E-state index in [9.17, 15) is 9.59 Å². The quantitative estimate of drug-likeness (QED) is 0.493. The summed E-state index contributed by atoms with van der Waals surface area (Å²) in [7, 11) is 3.15. The van der Waals surface area contributed by atoms with Gasteiger partial charge >= 0.3 is 5.97 Å². The standard InChI is InChI=1S/C26H29N3O5/c1-4-34-26(31)19-9-8-14-28(16-19)25(30)21-17-29(20-10-6-5-7-11-20)27-24(21)18-12-13-22(32-2)23(15-18)33-3/h5-7,10-13,15,17,19H,4,8-9,14,16H2,1-3H3. The second kappa shape index (κ2) is 10.4. The lowest BCUT2D eigenvalue weighted by Crippen LogP contribution is -2.42. The monoisotopic (exact) mass is 463 g/mol. The van der Waals surface area contributed by atoms with Gasteiger partial charge in [-0.2, -0.15) is 5.10 Å². The number of hydrogen-bond donors (Lipinski definition) is 0. The number of carbonyl (C=O) groups excluding carboxylic acids is 2. The lowest BCUT2D eigenvalue weighted by Gasteiger charge is -2.31. The number of esters is 1. The average molecular weight is 464 g/mol. The number of methoxy groups -OCH3 is 2. The average Bonchev–Trinajstić information content (AvgIpc) is 3.34. The van der Waals surface area contributed by atoms with Gasteiger partial charge in [0.2, 0.25) is 0 Å². The molecule has 1 unspecified atom stereocenters. The molecule has 1 aliphatic heterocycles. The maximum atomic E-state index is 13.7. The molecule has 0 saturated carbocycles. The maximum Gasteiger partial charge on any atom is 0.310 e. The molecule has 0 bridgehead atoms. The van der Waals surface area contributed by atoms with Crippen molar-refractivity contribution in [3.05, 3.63) is 60.3 Å². The molecule has 1 atom stereocenters. The van der Waals surface area contributed by atoms with Crippen molar-refractivity contribution in [3.63, 3.8) is 0 Å². The zero-order valence-electron chi connectivity index (χ0n) is 19.7. The second-order valence-corrected chi connectivity index (χ2v) is 8.08. The predicted octanol–water partition coefficient (Wildman–Crippen LogP) is 3.97. The number of para-hydroxylation sites is 1. The van der Waals surface area contributed by atoms with Crippen molar-refractivity contribution >= 4 is 11.9 Å². The lowest BCUT2D eigenvalue weighted by atomic mass is 9.97. The first-order valence-electron chi connectivity index (χ1n) is 11.4. The Labute approximate surface area is 199 Å². The van der Waals surface area contributed by atoms with E-state index in [0.717, 1.165) is 17.7 Å². The summed E-state index contributed by atoms with van der Waals surface area (Å²) in [6, 6.07) is 15.1. The van der Waals surface area contributed by atoms with Gasteiger partial charge in [-0.1, -0.05) is 18.2 Å². The molecule has 1 fully saturated rings. The minimum absolute atomic E-state index is 0.166. The highest BCUT2D eigenvalue weighted by molar-refractivity contribution is 6.00. The fraction of sp³-hybridized carbons (Fsp3) is 0.346. The van der Waals surface area contributed by atoms with Crippen LogP contribution in [-0.2, 0) is 9.53 Å². The summed E-state index contributed by atoms with van der Waals surface area (Å²) in [5.41, 5.74) is 2.56. The maximum absolute atomic E-state index is 13.7. The summed E-state index contributed by atoms with van der Waals surface area (Å²) in [5.74, 6) is 0.412. The number of likely N-dealkylation sites (tertiary alicyclic amines) is 1. The minimum Gasteiger partial charge on any atom is -0.493 e. The summed E-state index contributed by atoms with van der Waals surface area (Å²) in [5, 5.41) is 4.76.